The Hall–Kier alpha value is -1.51. The molecule has 0 saturated carbocycles. The van der Waals surface area contributed by atoms with E-state index in [1.165, 1.54) is 5.56 Å². The highest BCUT2D eigenvalue weighted by atomic mass is 35.5. The van der Waals surface area contributed by atoms with Crippen molar-refractivity contribution >= 4 is 11.6 Å². The Labute approximate surface area is 125 Å². The van der Waals surface area contributed by atoms with E-state index in [2.05, 4.69) is 19.1 Å². The topological polar surface area (TPSA) is 35.2 Å². The predicted molar refractivity (Wildman–Crippen MR) is 84.3 cm³/mol. The third kappa shape index (κ3) is 3.14. The van der Waals surface area contributed by atoms with Gasteiger partial charge in [-0.2, -0.15) is 0 Å². The Morgan fingerprint density at radius 2 is 1.85 bits per heavy atom. The molecule has 0 bridgehead atoms. The Morgan fingerprint density at radius 3 is 2.45 bits per heavy atom. The number of nitrogens with two attached hydrogens (primary N) is 1. The number of benzene rings is 2. The van der Waals surface area contributed by atoms with Gasteiger partial charge >= 0.3 is 0 Å². The van der Waals surface area contributed by atoms with Crippen LogP contribution in [0.25, 0.3) is 0 Å². The van der Waals surface area contributed by atoms with E-state index in [9.17, 15) is 0 Å². The summed E-state index contributed by atoms with van der Waals surface area (Å²) in [5, 5.41) is 0.606. The van der Waals surface area contributed by atoms with Gasteiger partial charge in [0.25, 0.3) is 0 Å². The number of rotatable bonds is 5. The maximum absolute atomic E-state index is 6.63. The number of hydrogen-bond donors (Lipinski definition) is 1. The normalized spacial score (nSPS) is 13.8. The molecule has 2 rings (SSSR count). The second-order valence-corrected chi connectivity index (χ2v) is 5.43. The molecular weight excluding hydrogens is 270 g/mol. The zero-order chi connectivity index (χ0) is 14.6. The molecule has 0 saturated heterocycles. The van der Waals surface area contributed by atoms with E-state index in [0.29, 0.717) is 10.8 Å². The molecule has 0 heterocycles. The minimum absolute atomic E-state index is 0.417. The lowest BCUT2D eigenvalue weighted by atomic mass is 9.82. The quantitative estimate of drug-likeness (QED) is 0.897. The van der Waals surface area contributed by atoms with Crippen molar-refractivity contribution in [2.45, 2.75) is 25.3 Å². The van der Waals surface area contributed by atoms with Gasteiger partial charge in [-0.05, 0) is 36.1 Å². The molecule has 2 aromatic carbocycles. The predicted octanol–water partition coefficient (Wildman–Crippen LogP) is 4.16. The first kappa shape index (κ1) is 14.9. The molecule has 0 spiro atoms. The SMILES string of the molecule is CCC(N)(Cc1ccccc1)c1ccc(Cl)c(OC)c1. The van der Waals surface area contributed by atoms with Crippen LogP contribution >= 0.6 is 11.6 Å². The molecule has 0 radical (unpaired) electrons. The van der Waals surface area contributed by atoms with Gasteiger partial charge in [-0.25, -0.2) is 0 Å². The summed E-state index contributed by atoms with van der Waals surface area (Å²) >= 11 is 6.08. The molecule has 2 nitrogen and oxygen atoms in total. The van der Waals surface area contributed by atoms with Crippen molar-refractivity contribution in [2.24, 2.45) is 5.73 Å². The Morgan fingerprint density at radius 1 is 1.15 bits per heavy atom. The van der Waals surface area contributed by atoms with Gasteiger partial charge in [-0.3, -0.25) is 0 Å². The summed E-state index contributed by atoms with van der Waals surface area (Å²) in [5.74, 6) is 0.667. The lowest BCUT2D eigenvalue weighted by Gasteiger charge is -2.29. The van der Waals surface area contributed by atoms with Crippen molar-refractivity contribution in [1.29, 1.82) is 0 Å². The van der Waals surface area contributed by atoms with Crippen LogP contribution in [0, 0.1) is 0 Å². The van der Waals surface area contributed by atoms with Crippen molar-refractivity contribution in [1.82, 2.24) is 0 Å². The van der Waals surface area contributed by atoms with Crippen molar-refractivity contribution in [3.05, 3.63) is 64.7 Å². The lowest BCUT2D eigenvalue weighted by Crippen LogP contribution is -2.38. The van der Waals surface area contributed by atoms with Crippen LogP contribution in [-0.2, 0) is 12.0 Å². The number of hydrogen-bond acceptors (Lipinski definition) is 2. The second kappa shape index (κ2) is 6.29. The van der Waals surface area contributed by atoms with Crippen LogP contribution < -0.4 is 10.5 Å². The highest BCUT2D eigenvalue weighted by Crippen LogP contribution is 2.32. The summed E-state index contributed by atoms with van der Waals surface area (Å²) in [7, 11) is 1.62. The van der Waals surface area contributed by atoms with E-state index in [0.717, 1.165) is 18.4 Å². The molecule has 0 aliphatic rings. The molecule has 2 aromatic rings. The summed E-state index contributed by atoms with van der Waals surface area (Å²) in [6, 6.07) is 16.1. The Kier molecular flexibility index (Phi) is 4.69. The molecule has 0 amide bonds. The van der Waals surface area contributed by atoms with E-state index < -0.39 is 5.54 Å². The molecular formula is C17H20ClNO. The van der Waals surface area contributed by atoms with Gasteiger partial charge in [-0.1, -0.05) is 54.9 Å². The summed E-state index contributed by atoms with van der Waals surface area (Å²) in [6.45, 7) is 2.10. The number of halogens is 1. The smallest absolute Gasteiger partial charge is 0.137 e. The minimum Gasteiger partial charge on any atom is -0.495 e. The first-order chi connectivity index (χ1) is 9.59. The number of ether oxygens (including phenoxy) is 1. The number of methoxy groups -OCH3 is 1. The Bertz CT molecular complexity index is 570. The van der Waals surface area contributed by atoms with Crippen LogP contribution in [0.3, 0.4) is 0 Å². The third-order valence-corrected chi connectivity index (χ3v) is 4.03. The van der Waals surface area contributed by atoms with E-state index >= 15 is 0 Å². The molecule has 20 heavy (non-hydrogen) atoms. The van der Waals surface area contributed by atoms with Gasteiger partial charge in [0.15, 0.2) is 0 Å². The average Bonchev–Trinajstić information content (AvgIpc) is 2.48. The molecule has 106 valence electrons. The van der Waals surface area contributed by atoms with Crippen LogP contribution in [0.1, 0.15) is 24.5 Å². The van der Waals surface area contributed by atoms with Crippen molar-refractivity contribution in [3.63, 3.8) is 0 Å². The van der Waals surface area contributed by atoms with Gasteiger partial charge in [0, 0.05) is 5.54 Å². The first-order valence-corrected chi connectivity index (χ1v) is 7.13. The largest absolute Gasteiger partial charge is 0.495 e. The van der Waals surface area contributed by atoms with Crippen LogP contribution in [0.5, 0.6) is 5.75 Å². The molecule has 1 unspecified atom stereocenters. The molecule has 2 N–H and O–H groups in total. The third-order valence-electron chi connectivity index (χ3n) is 3.72. The maximum Gasteiger partial charge on any atom is 0.137 e. The maximum atomic E-state index is 6.63. The molecule has 0 aliphatic heterocycles. The van der Waals surface area contributed by atoms with Crippen LogP contribution in [-0.4, -0.2) is 7.11 Å². The zero-order valence-electron chi connectivity index (χ0n) is 11.9. The van der Waals surface area contributed by atoms with Gasteiger partial charge in [-0.15, -0.1) is 0 Å². The van der Waals surface area contributed by atoms with Gasteiger partial charge < -0.3 is 10.5 Å². The molecule has 0 aliphatic carbocycles. The van der Waals surface area contributed by atoms with Gasteiger partial charge in [0.1, 0.15) is 5.75 Å². The zero-order valence-corrected chi connectivity index (χ0v) is 12.7. The standard InChI is InChI=1S/C17H20ClNO/c1-3-17(19,12-13-7-5-4-6-8-13)14-9-10-15(18)16(11-14)20-2/h4-11H,3,12,19H2,1-2H3. The summed E-state index contributed by atoms with van der Waals surface area (Å²) < 4.78 is 5.29. The van der Waals surface area contributed by atoms with E-state index in [4.69, 9.17) is 22.1 Å². The molecule has 3 heteroatoms. The van der Waals surface area contributed by atoms with E-state index in [-0.39, 0.29) is 0 Å². The highest BCUT2D eigenvalue weighted by molar-refractivity contribution is 6.32. The molecule has 1 atom stereocenters. The van der Waals surface area contributed by atoms with Crippen molar-refractivity contribution in [2.75, 3.05) is 7.11 Å². The van der Waals surface area contributed by atoms with E-state index in [1.54, 1.807) is 7.11 Å². The fraction of sp³-hybridized carbons (Fsp3) is 0.294. The fourth-order valence-corrected chi connectivity index (χ4v) is 2.56. The fourth-order valence-electron chi connectivity index (χ4n) is 2.36. The average molecular weight is 290 g/mol. The van der Waals surface area contributed by atoms with E-state index in [1.807, 2.05) is 36.4 Å². The van der Waals surface area contributed by atoms with Gasteiger partial charge in [0.05, 0.1) is 12.1 Å². The second-order valence-electron chi connectivity index (χ2n) is 5.02. The summed E-state index contributed by atoms with van der Waals surface area (Å²) in [5.41, 5.74) is 8.48. The summed E-state index contributed by atoms with van der Waals surface area (Å²) in [6.07, 6.45) is 1.63. The van der Waals surface area contributed by atoms with Crippen LogP contribution in [0.15, 0.2) is 48.5 Å². The first-order valence-electron chi connectivity index (χ1n) is 6.76. The highest BCUT2D eigenvalue weighted by Gasteiger charge is 2.26. The molecule has 0 aromatic heterocycles. The monoisotopic (exact) mass is 289 g/mol. The summed E-state index contributed by atoms with van der Waals surface area (Å²) in [4.78, 5) is 0. The minimum atomic E-state index is -0.417. The van der Waals surface area contributed by atoms with Crippen LogP contribution in [0.2, 0.25) is 5.02 Å². The van der Waals surface area contributed by atoms with Crippen LogP contribution in [0.4, 0.5) is 0 Å². The van der Waals surface area contributed by atoms with Crippen molar-refractivity contribution < 1.29 is 4.74 Å². The van der Waals surface area contributed by atoms with Crippen molar-refractivity contribution in [3.8, 4) is 5.75 Å². The van der Waals surface area contributed by atoms with Gasteiger partial charge in [0.2, 0.25) is 0 Å². The Balaban J connectivity index is 2.35. The molecule has 0 fully saturated rings. The lowest BCUT2D eigenvalue weighted by molar-refractivity contribution is 0.401.